The van der Waals surface area contributed by atoms with Crippen molar-refractivity contribution < 1.29 is 4.21 Å². The lowest BCUT2D eigenvalue weighted by Gasteiger charge is -2.17. The maximum atomic E-state index is 12.1. The maximum Gasteiger partial charge on any atom is 0.135 e. The van der Waals surface area contributed by atoms with Crippen molar-refractivity contribution in [3.63, 3.8) is 0 Å². The van der Waals surface area contributed by atoms with E-state index in [0.29, 0.717) is 11.6 Å². The van der Waals surface area contributed by atoms with Gasteiger partial charge in [0.05, 0.1) is 11.6 Å². The molecule has 1 atom stereocenters. The molecule has 0 spiro atoms. The van der Waals surface area contributed by atoms with Gasteiger partial charge in [0.2, 0.25) is 0 Å². The molecular weight excluding hydrogens is 222 g/mol. The summed E-state index contributed by atoms with van der Waals surface area (Å²) in [6.07, 6.45) is 2.40. The molecule has 1 heterocycles. The number of hydrogen-bond donors (Lipinski definition) is 2. The Kier molecular flexibility index (Phi) is 3.58. The van der Waals surface area contributed by atoms with Crippen LogP contribution in [-0.2, 0) is 9.92 Å². The Bertz CT molecular complexity index is 424. The molecule has 0 bridgehead atoms. The number of hydrogen-bond acceptors (Lipinski definition) is 3. The highest BCUT2D eigenvalue weighted by atomic mass is 32.2. The minimum atomic E-state index is -2.84. The number of rotatable bonds is 4. The zero-order chi connectivity index (χ0) is 11.4. The first-order valence-electron chi connectivity index (χ1n) is 5.49. The van der Waals surface area contributed by atoms with Crippen molar-refractivity contribution in [1.29, 1.82) is 4.78 Å². The molecule has 0 saturated carbocycles. The first-order chi connectivity index (χ1) is 7.68. The number of nitrogens with one attached hydrogen (secondary N) is 2. The Labute approximate surface area is 96.8 Å². The molecule has 1 aromatic rings. The minimum Gasteiger partial charge on any atom is -0.290 e. The van der Waals surface area contributed by atoms with Crippen LogP contribution in [0.1, 0.15) is 12.8 Å². The molecule has 1 fully saturated rings. The van der Waals surface area contributed by atoms with Crippen molar-refractivity contribution in [1.82, 2.24) is 9.62 Å². The summed E-state index contributed by atoms with van der Waals surface area (Å²) in [5.74, 6) is 0. The van der Waals surface area contributed by atoms with Gasteiger partial charge in [-0.2, -0.15) is 0 Å². The van der Waals surface area contributed by atoms with Gasteiger partial charge in [-0.25, -0.2) is 13.7 Å². The number of likely N-dealkylation sites (tertiary alicyclic amines) is 1. The predicted molar refractivity (Wildman–Crippen MR) is 64.4 cm³/mol. The van der Waals surface area contributed by atoms with Crippen molar-refractivity contribution in [2.75, 3.05) is 19.8 Å². The molecule has 2 N–H and O–H groups in total. The Morgan fingerprint density at radius 2 is 1.88 bits per heavy atom. The highest BCUT2D eigenvalue weighted by Gasteiger charge is 2.14. The SMILES string of the molecule is N=S(=O)(NCN1CCCC1)c1ccccc1. The van der Waals surface area contributed by atoms with Crippen LogP contribution in [-0.4, -0.2) is 28.9 Å². The Morgan fingerprint density at radius 1 is 1.25 bits per heavy atom. The molecule has 4 nitrogen and oxygen atoms in total. The Morgan fingerprint density at radius 3 is 2.50 bits per heavy atom. The topological polar surface area (TPSA) is 56.2 Å². The number of benzene rings is 1. The summed E-state index contributed by atoms with van der Waals surface area (Å²) in [5, 5.41) is 0. The summed E-state index contributed by atoms with van der Waals surface area (Å²) in [7, 11) is -2.84. The van der Waals surface area contributed by atoms with Gasteiger partial charge in [0.1, 0.15) is 9.92 Å². The maximum absolute atomic E-state index is 12.1. The predicted octanol–water partition coefficient (Wildman–Crippen LogP) is 1.65. The van der Waals surface area contributed by atoms with Crippen molar-refractivity contribution in [3.05, 3.63) is 30.3 Å². The summed E-state index contributed by atoms with van der Waals surface area (Å²) in [4.78, 5) is 2.74. The second-order valence-electron chi connectivity index (χ2n) is 4.00. The third-order valence-electron chi connectivity index (χ3n) is 2.77. The molecule has 0 amide bonds. The molecule has 1 aromatic carbocycles. The third-order valence-corrected chi connectivity index (χ3v) is 4.24. The smallest absolute Gasteiger partial charge is 0.135 e. The number of nitrogens with zero attached hydrogens (tertiary/aromatic N) is 1. The van der Waals surface area contributed by atoms with E-state index in [0.717, 1.165) is 13.1 Å². The molecule has 0 aromatic heterocycles. The van der Waals surface area contributed by atoms with E-state index < -0.39 is 9.92 Å². The second kappa shape index (κ2) is 4.95. The molecule has 1 aliphatic heterocycles. The largest absolute Gasteiger partial charge is 0.290 e. The van der Waals surface area contributed by atoms with Crippen LogP contribution >= 0.6 is 0 Å². The summed E-state index contributed by atoms with van der Waals surface area (Å²) in [6, 6.07) is 8.93. The quantitative estimate of drug-likeness (QED) is 0.839. The van der Waals surface area contributed by atoms with Gasteiger partial charge in [0.25, 0.3) is 0 Å². The normalized spacial score (nSPS) is 20.8. The molecule has 0 aliphatic carbocycles. The molecular formula is C11H17N3OS. The van der Waals surface area contributed by atoms with Crippen LogP contribution in [0.15, 0.2) is 35.2 Å². The summed E-state index contributed by atoms with van der Waals surface area (Å²) in [6.45, 7) is 2.62. The molecule has 1 saturated heterocycles. The fraction of sp³-hybridized carbons (Fsp3) is 0.455. The third kappa shape index (κ3) is 2.81. The van der Waals surface area contributed by atoms with Crippen molar-refractivity contribution in [3.8, 4) is 0 Å². The summed E-state index contributed by atoms with van der Waals surface area (Å²) >= 11 is 0. The minimum absolute atomic E-state index is 0.539. The van der Waals surface area contributed by atoms with Gasteiger partial charge in [-0.3, -0.25) is 4.90 Å². The van der Waals surface area contributed by atoms with Gasteiger partial charge in [-0.15, -0.1) is 0 Å². The van der Waals surface area contributed by atoms with Gasteiger partial charge in [-0.1, -0.05) is 18.2 Å². The Hall–Kier alpha value is -0.910. The molecule has 2 rings (SSSR count). The fourth-order valence-electron chi connectivity index (χ4n) is 1.82. The van der Waals surface area contributed by atoms with E-state index >= 15 is 0 Å². The molecule has 5 heteroatoms. The lowest BCUT2D eigenvalue weighted by atomic mass is 10.4. The van der Waals surface area contributed by atoms with Gasteiger partial charge in [-0.05, 0) is 38.1 Å². The molecule has 88 valence electrons. The summed E-state index contributed by atoms with van der Waals surface area (Å²) < 4.78 is 22.7. The lowest BCUT2D eigenvalue weighted by Crippen LogP contribution is -2.35. The van der Waals surface area contributed by atoms with E-state index in [1.165, 1.54) is 12.8 Å². The first kappa shape index (κ1) is 11.6. The van der Waals surface area contributed by atoms with Crippen LogP contribution in [0.25, 0.3) is 0 Å². The molecule has 1 unspecified atom stereocenters. The monoisotopic (exact) mass is 239 g/mol. The van der Waals surface area contributed by atoms with E-state index in [-0.39, 0.29) is 0 Å². The van der Waals surface area contributed by atoms with Crippen LogP contribution in [0.5, 0.6) is 0 Å². The van der Waals surface area contributed by atoms with Crippen LogP contribution in [0, 0.1) is 4.78 Å². The molecule has 1 aliphatic rings. The average molecular weight is 239 g/mol. The van der Waals surface area contributed by atoms with E-state index in [1.807, 2.05) is 6.07 Å². The van der Waals surface area contributed by atoms with Gasteiger partial charge < -0.3 is 0 Å². The fourth-order valence-corrected chi connectivity index (χ4v) is 2.89. The zero-order valence-electron chi connectivity index (χ0n) is 9.19. The second-order valence-corrected chi connectivity index (χ2v) is 5.87. The highest BCUT2D eigenvalue weighted by molar-refractivity contribution is 7.90. The van der Waals surface area contributed by atoms with Crippen molar-refractivity contribution in [2.24, 2.45) is 0 Å². The van der Waals surface area contributed by atoms with E-state index in [4.69, 9.17) is 4.78 Å². The average Bonchev–Trinajstić information content (AvgIpc) is 2.81. The van der Waals surface area contributed by atoms with E-state index in [9.17, 15) is 4.21 Å². The zero-order valence-corrected chi connectivity index (χ0v) is 10.0. The van der Waals surface area contributed by atoms with Crippen LogP contribution < -0.4 is 4.72 Å². The van der Waals surface area contributed by atoms with Crippen molar-refractivity contribution >= 4 is 9.92 Å². The van der Waals surface area contributed by atoms with E-state index in [1.54, 1.807) is 24.3 Å². The first-order valence-corrected chi connectivity index (χ1v) is 7.05. The summed E-state index contributed by atoms with van der Waals surface area (Å²) in [5.41, 5.74) is 0. The van der Waals surface area contributed by atoms with Crippen LogP contribution in [0.2, 0.25) is 0 Å². The van der Waals surface area contributed by atoms with Crippen LogP contribution in [0.4, 0.5) is 0 Å². The molecule has 0 radical (unpaired) electrons. The van der Waals surface area contributed by atoms with Crippen molar-refractivity contribution in [2.45, 2.75) is 17.7 Å². The standard InChI is InChI=1S/C11H17N3OS/c12-16(15,11-6-2-1-3-7-11)13-10-14-8-4-5-9-14/h1-3,6-7H,4-5,8-10H2,(H2,12,13,15). The van der Waals surface area contributed by atoms with Crippen LogP contribution in [0.3, 0.4) is 0 Å². The van der Waals surface area contributed by atoms with E-state index in [2.05, 4.69) is 9.62 Å². The van der Waals surface area contributed by atoms with Gasteiger partial charge in [0.15, 0.2) is 0 Å². The highest BCUT2D eigenvalue weighted by Crippen LogP contribution is 2.10. The van der Waals surface area contributed by atoms with Gasteiger partial charge in [0, 0.05) is 0 Å². The molecule has 16 heavy (non-hydrogen) atoms. The lowest BCUT2D eigenvalue weighted by molar-refractivity contribution is 0.336. The Balaban J connectivity index is 1.98. The van der Waals surface area contributed by atoms with Gasteiger partial charge >= 0.3 is 0 Å².